The summed E-state index contributed by atoms with van der Waals surface area (Å²) < 4.78 is 0. The molecule has 0 bridgehead atoms. The molecule has 1 unspecified atom stereocenters. The van der Waals surface area contributed by atoms with Crippen molar-refractivity contribution in [1.29, 1.82) is 0 Å². The van der Waals surface area contributed by atoms with E-state index in [1.54, 1.807) is 4.90 Å². The second-order valence-corrected chi connectivity index (χ2v) is 5.34. The van der Waals surface area contributed by atoms with Crippen molar-refractivity contribution in [2.24, 2.45) is 0 Å². The fourth-order valence-electron chi connectivity index (χ4n) is 2.41. The van der Waals surface area contributed by atoms with E-state index in [9.17, 15) is 9.59 Å². The summed E-state index contributed by atoms with van der Waals surface area (Å²) in [5.74, 6) is 0.411. The number of carbonyl (C=O) groups excluding carboxylic acids is 1. The maximum absolute atomic E-state index is 12.4. The molecule has 7 nitrogen and oxygen atoms in total. The number of nitrogens with one attached hydrogen (secondary N) is 2. The molecule has 2 aromatic rings. The number of benzene rings is 1. The topological polar surface area (TPSA) is 91.0 Å². The maximum atomic E-state index is 12.4. The lowest BCUT2D eigenvalue weighted by molar-refractivity contribution is 0.198. The molecule has 2 N–H and O–H groups in total. The molecule has 0 spiro atoms. The van der Waals surface area contributed by atoms with E-state index in [-0.39, 0.29) is 17.3 Å². The van der Waals surface area contributed by atoms with Crippen molar-refractivity contribution in [2.75, 3.05) is 13.1 Å². The molecule has 2 amide bonds. The second kappa shape index (κ2) is 8.24. The average molecular weight is 329 g/mol. The molecular weight excluding hydrogens is 306 g/mol. The van der Waals surface area contributed by atoms with E-state index in [1.807, 2.05) is 51.1 Å². The van der Waals surface area contributed by atoms with Gasteiger partial charge in [-0.05, 0) is 20.3 Å². The lowest BCUT2D eigenvalue weighted by atomic mass is 10.1. The van der Waals surface area contributed by atoms with Crippen LogP contribution in [0.3, 0.4) is 0 Å². The van der Waals surface area contributed by atoms with Crippen molar-refractivity contribution in [2.45, 2.75) is 33.2 Å². The van der Waals surface area contributed by atoms with Crippen LogP contribution in [0.2, 0.25) is 0 Å². The smallest absolute Gasteiger partial charge is 0.317 e. The molecule has 1 aromatic carbocycles. The molecule has 1 heterocycles. The first-order valence-corrected chi connectivity index (χ1v) is 8.18. The number of amides is 2. The third-order valence-electron chi connectivity index (χ3n) is 3.86. The number of urea groups is 1. The summed E-state index contributed by atoms with van der Waals surface area (Å²) in [5.41, 5.74) is 0.669. The quantitative estimate of drug-likeness (QED) is 0.851. The van der Waals surface area contributed by atoms with E-state index in [2.05, 4.69) is 20.5 Å². The molecule has 0 saturated heterocycles. The van der Waals surface area contributed by atoms with Crippen molar-refractivity contribution in [1.82, 2.24) is 25.4 Å². The van der Waals surface area contributed by atoms with Crippen LogP contribution in [0.15, 0.2) is 35.1 Å². The Kier molecular flexibility index (Phi) is 6.06. The van der Waals surface area contributed by atoms with E-state index in [0.717, 1.165) is 5.56 Å². The van der Waals surface area contributed by atoms with Gasteiger partial charge >= 0.3 is 6.03 Å². The summed E-state index contributed by atoms with van der Waals surface area (Å²) >= 11 is 0. The van der Waals surface area contributed by atoms with Gasteiger partial charge in [0.1, 0.15) is 0 Å². The van der Waals surface area contributed by atoms with Gasteiger partial charge in [0.2, 0.25) is 0 Å². The van der Waals surface area contributed by atoms with E-state index < -0.39 is 6.04 Å². The second-order valence-electron chi connectivity index (χ2n) is 5.34. The first-order chi connectivity index (χ1) is 11.6. The van der Waals surface area contributed by atoms with Crippen LogP contribution in [-0.2, 0) is 0 Å². The summed E-state index contributed by atoms with van der Waals surface area (Å²) in [6, 6.07) is 8.63. The number of H-pyrrole nitrogens is 1. The monoisotopic (exact) mass is 329 g/mol. The fraction of sp³-hybridized carbons (Fsp3) is 0.412. The normalized spacial score (nSPS) is 11.8. The number of rotatable bonds is 6. The van der Waals surface area contributed by atoms with Gasteiger partial charge in [-0.3, -0.25) is 4.79 Å². The van der Waals surface area contributed by atoms with E-state index in [0.29, 0.717) is 25.3 Å². The Morgan fingerprint density at radius 3 is 2.38 bits per heavy atom. The van der Waals surface area contributed by atoms with Gasteiger partial charge in [-0.1, -0.05) is 37.3 Å². The summed E-state index contributed by atoms with van der Waals surface area (Å²) in [7, 11) is 0. The number of carbonyl (C=O) groups is 1. The molecule has 1 aromatic heterocycles. The van der Waals surface area contributed by atoms with Crippen LogP contribution in [0.4, 0.5) is 4.79 Å². The summed E-state index contributed by atoms with van der Waals surface area (Å²) in [6.45, 7) is 6.91. The largest absolute Gasteiger partial charge is 0.329 e. The predicted molar refractivity (Wildman–Crippen MR) is 92.6 cm³/mol. The Morgan fingerprint density at radius 1 is 1.17 bits per heavy atom. The van der Waals surface area contributed by atoms with Crippen LogP contribution >= 0.6 is 0 Å². The summed E-state index contributed by atoms with van der Waals surface area (Å²) in [6.07, 6.45) is 0.551. The van der Waals surface area contributed by atoms with Crippen molar-refractivity contribution in [3.63, 3.8) is 0 Å². The maximum Gasteiger partial charge on any atom is 0.317 e. The molecule has 128 valence electrons. The summed E-state index contributed by atoms with van der Waals surface area (Å²) in [5, 5.41) is 11.0. The van der Waals surface area contributed by atoms with Gasteiger partial charge in [0.25, 0.3) is 5.56 Å². The number of aromatic amines is 1. The molecule has 7 heteroatoms. The first kappa shape index (κ1) is 17.7. The first-order valence-electron chi connectivity index (χ1n) is 8.18. The zero-order valence-corrected chi connectivity index (χ0v) is 14.2. The Balaban J connectivity index is 2.24. The zero-order chi connectivity index (χ0) is 17.5. The number of nitrogens with zero attached hydrogens (tertiary/aromatic N) is 3. The molecule has 0 fully saturated rings. The zero-order valence-electron chi connectivity index (χ0n) is 14.2. The third kappa shape index (κ3) is 3.98. The lowest BCUT2D eigenvalue weighted by Gasteiger charge is -2.23. The van der Waals surface area contributed by atoms with Crippen LogP contribution in [0.1, 0.15) is 38.9 Å². The molecule has 0 saturated carbocycles. The van der Waals surface area contributed by atoms with Gasteiger partial charge in [0.15, 0.2) is 11.5 Å². The van der Waals surface area contributed by atoms with Crippen LogP contribution in [0.25, 0.3) is 11.4 Å². The SMILES string of the molecule is CCC(NC(=O)N(CC)CC)c1nnc(-c2ccccc2)[nH]c1=O. The van der Waals surface area contributed by atoms with Gasteiger partial charge in [-0.25, -0.2) is 4.79 Å². The van der Waals surface area contributed by atoms with E-state index >= 15 is 0 Å². The van der Waals surface area contributed by atoms with Crippen molar-refractivity contribution >= 4 is 6.03 Å². The standard InChI is InChI=1S/C17H23N5O2/c1-4-13(18-17(24)22(5-2)6-3)14-16(23)19-15(21-20-14)12-10-8-7-9-11-12/h7-11,13H,4-6H2,1-3H3,(H,18,24)(H,19,21,23). The van der Waals surface area contributed by atoms with Gasteiger partial charge in [-0.15, -0.1) is 10.2 Å². The summed E-state index contributed by atoms with van der Waals surface area (Å²) in [4.78, 5) is 29.0. The lowest BCUT2D eigenvalue weighted by Crippen LogP contribution is -2.42. The van der Waals surface area contributed by atoms with Gasteiger partial charge in [0, 0.05) is 18.7 Å². The Hall–Kier alpha value is -2.70. The Morgan fingerprint density at radius 2 is 1.83 bits per heavy atom. The predicted octanol–water partition coefficient (Wildman–Crippen LogP) is 2.33. The minimum atomic E-state index is -0.473. The molecule has 1 atom stereocenters. The average Bonchev–Trinajstić information content (AvgIpc) is 2.61. The third-order valence-corrected chi connectivity index (χ3v) is 3.86. The highest BCUT2D eigenvalue weighted by Crippen LogP contribution is 2.14. The van der Waals surface area contributed by atoms with Crippen LogP contribution in [-0.4, -0.2) is 39.2 Å². The molecule has 2 rings (SSSR count). The molecule has 0 aliphatic rings. The minimum Gasteiger partial charge on any atom is -0.329 e. The van der Waals surface area contributed by atoms with Gasteiger partial charge < -0.3 is 15.2 Å². The Labute approximate surface area is 141 Å². The van der Waals surface area contributed by atoms with E-state index in [1.165, 1.54) is 0 Å². The number of hydrogen-bond donors (Lipinski definition) is 2. The molecule has 0 aliphatic carbocycles. The van der Waals surface area contributed by atoms with Crippen LogP contribution in [0, 0.1) is 0 Å². The van der Waals surface area contributed by atoms with Crippen molar-refractivity contribution < 1.29 is 4.79 Å². The van der Waals surface area contributed by atoms with Gasteiger partial charge in [-0.2, -0.15) is 0 Å². The fourth-order valence-corrected chi connectivity index (χ4v) is 2.41. The van der Waals surface area contributed by atoms with Crippen molar-refractivity contribution in [3.8, 4) is 11.4 Å². The highest BCUT2D eigenvalue weighted by atomic mass is 16.2. The number of aromatic nitrogens is 3. The van der Waals surface area contributed by atoms with E-state index in [4.69, 9.17) is 0 Å². The molecule has 24 heavy (non-hydrogen) atoms. The highest BCUT2D eigenvalue weighted by Gasteiger charge is 2.21. The minimum absolute atomic E-state index is 0.208. The molecular formula is C17H23N5O2. The van der Waals surface area contributed by atoms with Crippen molar-refractivity contribution in [3.05, 3.63) is 46.4 Å². The molecule has 0 radical (unpaired) electrons. The van der Waals surface area contributed by atoms with Gasteiger partial charge in [0.05, 0.1) is 6.04 Å². The molecule has 0 aliphatic heterocycles. The highest BCUT2D eigenvalue weighted by molar-refractivity contribution is 5.74. The Bertz CT molecular complexity index is 725. The number of hydrogen-bond acceptors (Lipinski definition) is 4. The van der Waals surface area contributed by atoms with Crippen LogP contribution in [0.5, 0.6) is 0 Å². The van der Waals surface area contributed by atoms with Crippen LogP contribution < -0.4 is 10.9 Å².